The van der Waals surface area contributed by atoms with Crippen molar-refractivity contribution in [1.29, 1.82) is 0 Å². The van der Waals surface area contributed by atoms with Gasteiger partial charge in [-0.05, 0) is 41.6 Å². The summed E-state index contributed by atoms with van der Waals surface area (Å²) in [7, 11) is 3.61. The Kier molecular flexibility index (Phi) is 6.67. The third kappa shape index (κ3) is 4.68. The van der Waals surface area contributed by atoms with Gasteiger partial charge in [-0.2, -0.15) is 0 Å². The number of hydrogen-bond acceptors (Lipinski definition) is 4. The molecule has 0 bridgehead atoms. The molecule has 37 heavy (non-hydrogen) atoms. The number of halogens is 2. The topological polar surface area (TPSA) is 83.0 Å². The number of carbonyl (C=O) groups is 1. The Labute approximate surface area is 223 Å². The van der Waals surface area contributed by atoms with Gasteiger partial charge >= 0.3 is 0 Å². The number of rotatable bonds is 6. The number of H-pyrrole nitrogens is 1. The highest BCUT2D eigenvalue weighted by Crippen LogP contribution is 2.34. The molecule has 0 aliphatic carbocycles. The molecule has 3 aromatic carbocycles. The molecule has 5 rings (SSSR count). The van der Waals surface area contributed by atoms with Crippen molar-refractivity contribution in [1.82, 2.24) is 19.4 Å². The number of anilines is 2. The normalized spacial score (nSPS) is 11.3. The number of fused-ring (bicyclic) bond motifs is 3. The second-order valence-electron chi connectivity index (χ2n) is 9.04. The van der Waals surface area contributed by atoms with Gasteiger partial charge in [-0.3, -0.25) is 9.59 Å². The fraction of sp³-hybridized carbons (Fsp3) is 0.179. The van der Waals surface area contributed by atoms with E-state index in [4.69, 9.17) is 23.2 Å². The first-order chi connectivity index (χ1) is 17.7. The number of hydrogen-bond donors (Lipinski definition) is 2. The van der Waals surface area contributed by atoms with Crippen LogP contribution in [0.5, 0.6) is 0 Å². The van der Waals surface area contributed by atoms with Crippen LogP contribution in [0.3, 0.4) is 0 Å². The van der Waals surface area contributed by atoms with Crippen molar-refractivity contribution in [3.8, 4) is 0 Å². The summed E-state index contributed by atoms with van der Waals surface area (Å²) in [4.78, 5) is 35.7. The number of pyridine rings is 1. The highest BCUT2D eigenvalue weighted by molar-refractivity contribution is 6.39. The molecule has 9 heteroatoms. The maximum Gasteiger partial charge on any atom is 0.258 e. The van der Waals surface area contributed by atoms with Gasteiger partial charge in [0.2, 0.25) is 11.9 Å². The first-order valence-corrected chi connectivity index (χ1v) is 12.5. The first-order valence-electron chi connectivity index (χ1n) is 11.7. The summed E-state index contributed by atoms with van der Waals surface area (Å²) in [6.07, 6.45) is 0.159. The van der Waals surface area contributed by atoms with Crippen molar-refractivity contribution in [3.05, 3.63) is 97.9 Å². The maximum absolute atomic E-state index is 13.2. The minimum Gasteiger partial charge on any atom is -0.341 e. The summed E-state index contributed by atoms with van der Waals surface area (Å²) in [5.41, 5.74) is 4.08. The number of imidazole rings is 1. The highest BCUT2D eigenvalue weighted by atomic mass is 35.5. The van der Waals surface area contributed by atoms with Crippen molar-refractivity contribution >= 4 is 62.6 Å². The van der Waals surface area contributed by atoms with Gasteiger partial charge < -0.3 is 19.8 Å². The van der Waals surface area contributed by atoms with Crippen LogP contribution in [0.25, 0.3) is 21.8 Å². The smallest absolute Gasteiger partial charge is 0.258 e. The predicted octanol–water partition coefficient (Wildman–Crippen LogP) is 5.97. The van der Waals surface area contributed by atoms with Crippen LogP contribution in [0.1, 0.15) is 16.8 Å². The molecule has 2 aromatic heterocycles. The Hall–Kier alpha value is -3.81. The van der Waals surface area contributed by atoms with Gasteiger partial charge in [0.1, 0.15) is 0 Å². The lowest BCUT2D eigenvalue weighted by molar-refractivity contribution is -0.129. The average molecular weight is 534 g/mol. The maximum atomic E-state index is 13.2. The summed E-state index contributed by atoms with van der Waals surface area (Å²) in [6.45, 7) is 2.33. The van der Waals surface area contributed by atoms with Crippen LogP contribution < -0.4 is 10.9 Å². The lowest BCUT2D eigenvalue weighted by atomic mass is 10.00. The van der Waals surface area contributed by atoms with Crippen LogP contribution in [0.2, 0.25) is 10.0 Å². The standard InChI is InChI=1S/C28H25Cl2N5O2/c1-16-19(14-23(36)34(2)15-17-8-5-4-6-9-17)18-12-13-22-26(24(18)27(37)31-16)35(3)28(32-22)33-25-20(29)10-7-11-21(25)30/h4-13H,14-15H2,1-3H3,(H,31,37)(H,32,33). The molecule has 0 atom stereocenters. The number of amides is 1. The van der Waals surface area contributed by atoms with E-state index in [0.29, 0.717) is 50.3 Å². The molecule has 0 unspecified atom stereocenters. The second kappa shape index (κ2) is 9.92. The van der Waals surface area contributed by atoms with E-state index in [0.717, 1.165) is 16.5 Å². The third-order valence-corrected chi connectivity index (χ3v) is 7.19. The van der Waals surface area contributed by atoms with Gasteiger partial charge in [0.05, 0.1) is 38.6 Å². The Morgan fingerprint density at radius 2 is 1.76 bits per heavy atom. The number of aromatic nitrogens is 3. The predicted molar refractivity (Wildman–Crippen MR) is 150 cm³/mol. The van der Waals surface area contributed by atoms with Crippen LogP contribution >= 0.6 is 23.2 Å². The average Bonchev–Trinajstić information content (AvgIpc) is 3.19. The molecule has 0 saturated carbocycles. The number of nitrogens with one attached hydrogen (secondary N) is 2. The second-order valence-corrected chi connectivity index (χ2v) is 9.86. The van der Waals surface area contributed by atoms with E-state index in [1.54, 1.807) is 34.7 Å². The Morgan fingerprint density at radius 3 is 2.46 bits per heavy atom. The molecule has 1 amide bonds. The number of aromatic amines is 1. The van der Waals surface area contributed by atoms with Gasteiger partial charge in [-0.25, -0.2) is 4.98 Å². The number of para-hydroxylation sites is 1. The van der Waals surface area contributed by atoms with E-state index in [-0.39, 0.29) is 17.9 Å². The zero-order chi connectivity index (χ0) is 26.3. The lowest BCUT2D eigenvalue weighted by Gasteiger charge is -2.19. The molecule has 0 aliphatic rings. The third-order valence-electron chi connectivity index (χ3n) is 6.56. The summed E-state index contributed by atoms with van der Waals surface area (Å²) in [5, 5.41) is 5.31. The molecule has 188 valence electrons. The summed E-state index contributed by atoms with van der Waals surface area (Å²) >= 11 is 12.7. The molecule has 2 N–H and O–H groups in total. The molecular weight excluding hydrogens is 509 g/mol. The number of likely N-dealkylation sites (N-methyl/N-ethyl adjacent to an activating group) is 1. The minimum absolute atomic E-state index is 0.0406. The summed E-state index contributed by atoms with van der Waals surface area (Å²) in [5.74, 6) is 0.443. The summed E-state index contributed by atoms with van der Waals surface area (Å²) < 4.78 is 1.80. The van der Waals surface area contributed by atoms with Crippen LogP contribution in [0.15, 0.2) is 65.5 Å². The molecular formula is C28H25Cl2N5O2. The van der Waals surface area contributed by atoms with Gasteiger partial charge in [-0.15, -0.1) is 0 Å². The van der Waals surface area contributed by atoms with E-state index in [1.807, 2.05) is 56.4 Å². The van der Waals surface area contributed by atoms with Gasteiger partial charge in [0.15, 0.2) is 0 Å². The molecule has 0 radical (unpaired) electrons. The van der Waals surface area contributed by atoms with Gasteiger partial charge in [-0.1, -0.05) is 65.7 Å². The van der Waals surface area contributed by atoms with E-state index in [1.165, 1.54) is 0 Å². The number of aryl methyl sites for hydroxylation is 2. The summed E-state index contributed by atoms with van der Waals surface area (Å²) in [6, 6.07) is 18.8. The molecule has 0 saturated heterocycles. The zero-order valence-electron chi connectivity index (χ0n) is 20.6. The first kappa shape index (κ1) is 24.9. The fourth-order valence-corrected chi connectivity index (χ4v) is 5.09. The molecule has 0 aliphatic heterocycles. The zero-order valence-corrected chi connectivity index (χ0v) is 22.1. The van der Waals surface area contributed by atoms with Crippen LogP contribution in [-0.2, 0) is 24.8 Å². The number of carbonyl (C=O) groups excluding carboxylic acids is 1. The minimum atomic E-state index is -0.239. The number of benzene rings is 3. The highest BCUT2D eigenvalue weighted by Gasteiger charge is 2.20. The van der Waals surface area contributed by atoms with Crippen LogP contribution in [-0.4, -0.2) is 32.4 Å². The van der Waals surface area contributed by atoms with E-state index in [9.17, 15) is 9.59 Å². The Bertz CT molecular complexity index is 1690. The van der Waals surface area contributed by atoms with Crippen molar-refractivity contribution in [2.24, 2.45) is 7.05 Å². The molecule has 7 nitrogen and oxygen atoms in total. The quantitative estimate of drug-likeness (QED) is 0.281. The molecule has 5 aromatic rings. The SMILES string of the molecule is Cc1[nH]c(=O)c2c(ccc3nc(Nc4c(Cl)cccc4Cl)n(C)c32)c1CC(=O)N(C)Cc1ccccc1. The number of nitrogens with zero attached hydrogens (tertiary/aromatic N) is 3. The van der Waals surface area contributed by atoms with Crippen LogP contribution in [0.4, 0.5) is 11.6 Å². The molecule has 0 fully saturated rings. The fourth-order valence-electron chi connectivity index (χ4n) is 4.60. The van der Waals surface area contributed by atoms with Crippen molar-refractivity contribution in [2.75, 3.05) is 12.4 Å². The Balaban J connectivity index is 1.56. The largest absolute Gasteiger partial charge is 0.341 e. The van der Waals surface area contributed by atoms with Crippen molar-refractivity contribution in [2.45, 2.75) is 19.9 Å². The van der Waals surface area contributed by atoms with Gasteiger partial charge in [0.25, 0.3) is 5.56 Å². The monoisotopic (exact) mass is 533 g/mol. The molecule has 0 spiro atoms. The Morgan fingerprint density at radius 1 is 1.05 bits per heavy atom. The van der Waals surface area contributed by atoms with E-state index in [2.05, 4.69) is 15.3 Å². The van der Waals surface area contributed by atoms with E-state index >= 15 is 0 Å². The van der Waals surface area contributed by atoms with Crippen LogP contribution in [0, 0.1) is 6.92 Å². The van der Waals surface area contributed by atoms with Crippen molar-refractivity contribution in [3.63, 3.8) is 0 Å². The lowest BCUT2D eigenvalue weighted by Crippen LogP contribution is -2.28. The molecule has 2 heterocycles. The van der Waals surface area contributed by atoms with Gasteiger partial charge in [0, 0.05) is 26.3 Å². The van der Waals surface area contributed by atoms with Crippen molar-refractivity contribution < 1.29 is 4.79 Å². The van der Waals surface area contributed by atoms with E-state index < -0.39 is 0 Å².